The molecule has 4 fully saturated rings. The second-order valence-corrected chi connectivity index (χ2v) is 34.2. The number of para-hydroxylation sites is 5. The Hall–Kier alpha value is -11.2. The van der Waals surface area contributed by atoms with Crippen molar-refractivity contribution in [3.05, 3.63) is 220 Å². The fourth-order valence-electron chi connectivity index (χ4n) is 21.5. The van der Waals surface area contributed by atoms with E-state index in [1.807, 2.05) is 79.0 Å². The zero-order valence-electron chi connectivity index (χ0n) is 66.5. The molecule has 0 saturated carbocycles. The van der Waals surface area contributed by atoms with Crippen molar-refractivity contribution in [2.24, 2.45) is 0 Å². The van der Waals surface area contributed by atoms with Gasteiger partial charge in [0.1, 0.15) is 28.7 Å². The number of aryl methyl sites for hydroxylation is 2. The van der Waals surface area contributed by atoms with Gasteiger partial charge in [0, 0.05) is 158 Å². The maximum absolute atomic E-state index is 13.4. The number of benzene rings is 8. The molecule has 612 valence electrons. The number of aromatic nitrogens is 4. The van der Waals surface area contributed by atoms with Gasteiger partial charge in [-0.2, -0.15) is 5.10 Å². The summed E-state index contributed by atoms with van der Waals surface area (Å²) in [5.41, 5.74) is 18.5. The van der Waals surface area contributed by atoms with Crippen molar-refractivity contribution in [1.82, 2.24) is 39.9 Å². The molecule has 11 aromatic rings. The van der Waals surface area contributed by atoms with Crippen LogP contribution >= 0.6 is 11.6 Å². The molecule has 23 nitrogen and oxygen atoms in total. The van der Waals surface area contributed by atoms with Gasteiger partial charge in [-0.25, -0.2) is 8.78 Å². The Morgan fingerprint density at radius 2 is 0.882 bits per heavy atom. The third-order valence-corrected chi connectivity index (χ3v) is 26.9. The Morgan fingerprint density at radius 3 is 1.37 bits per heavy atom. The van der Waals surface area contributed by atoms with Gasteiger partial charge >= 0.3 is 0 Å². The molecule has 5 N–H and O–H groups in total. The predicted molar refractivity (Wildman–Crippen MR) is 460 cm³/mol. The average Bonchev–Trinajstić information content (AvgIpc) is 1.60. The predicted octanol–water partition coefficient (Wildman–Crippen LogP) is 14.2. The third kappa shape index (κ3) is 15.2. The highest BCUT2D eigenvalue weighted by Gasteiger charge is 2.50. The summed E-state index contributed by atoms with van der Waals surface area (Å²) in [5.74, 6) is 3.41. The summed E-state index contributed by atoms with van der Waals surface area (Å²) in [7, 11) is 0. The number of ether oxygens (including phenoxy) is 2. The van der Waals surface area contributed by atoms with Crippen molar-refractivity contribution in [2.75, 3.05) is 159 Å². The number of rotatable bonds is 18. The standard InChI is InChI=1S/C25H26N4O2.C23H24FN5O.C23H23FN4O2.C22H24ClN3O2/c30-23-16-29-21-10-13-28(15-19(21)18-7-2-8-20(27-23)25(18)29)12-4-14-31-22-9-1-5-17-6-3-11-26-24(17)22;24-14-6-7-16-18(26-27-20(16)11-14)5-2-9-28-10-8-21-17(12-28)15-3-1-4-19-23(15)29(21)13-22(30)25-19;24-14-6-7-16-18(26-30-21(16)11-14)5-2-9-27-10-8-20-17(12-27)15-3-1-4-19-23(15)28(20)13-22(29)25-19;23-15-5-7-16(8-6-15)28-12-2-10-25-11-9-20-18(13-25)17-3-1-4-19-22(17)26(20)14-21(27)24-19/h1-3,5-9,11,19,21H,4,10,12-16H2,(H,27,30);1,3-4,6-7,11,17,21H,2,5,8-10,12-13H2,(H,25,30)(H,26,27);1,3-4,6-7,11,17,20H,2,5,8-10,12-13H2,(H,25,29);1,3-8,18,20H,2,9-14H2,(H,24,27)/t19-,21-;17-,21-;17-,20-;18-,20-/m0000/s1. The number of carbonyl (C=O) groups is 4. The van der Waals surface area contributed by atoms with E-state index in [2.05, 4.69) is 141 Å². The number of anilines is 8. The average molecular weight is 1620 g/mol. The number of halogens is 3. The van der Waals surface area contributed by atoms with E-state index in [1.165, 1.54) is 69.3 Å². The molecule has 0 bridgehead atoms. The number of hydrogen-bond donors (Lipinski definition) is 5. The van der Waals surface area contributed by atoms with Crippen LogP contribution in [-0.2, 0) is 32.0 Å². The maximum Gasteiger partial charge on any atom is 0.243 e. The van der Waals surface area contributed by atoms with Gasteiger partial charge in [-0.3, -0.25) is 29.3 Å². The minimum Gasteiger partial charge on any atom is -0.494 e. The largest absolute Gasteiger partial charge is 0.494 e. The third-order valence-electron chi connectivity index (χ3n) is 26.7. The Kier molecular flexibility index (Phi) is 21.1. The molecule has 8 aromatic carbocycles. The molecule has 0 radical (unpaired) electrons. The first-order valence-corrected chi connectivity index (χ1v) is 42.9. The molecule has 4 saturated heterocycles. The van der Waals surface area contributed by atoms with Crippen LogP contribution < -0.4 is 50.3 Å². The minimum atomic E-state index is -0.303. The highest BCUT2D eigenvalue weighted by Crippen LogP contribution is 2.54. The molecule has 4 amide bonds. The van der Waals surface area contributed by atoms with Gasteiger partial charge in [-0.05, 0) is 184 Å². The van der Waals surface area contributed by atoms with Crippen LogP contribution in [0, 0.1) is 11.6 Å². The number of likely N-dealkylation sites (tertiary alicyclic amines) is 4. The monoisotopic (exact) mass is 1620 g/mol. The van der Waals surface area contributed by atoms with E-state index in [1.54, 1.807) is 6.07 Å². The second kappa shape index (κ2) is 32.8. The van der Waals surface area contributed by atoms with Crippen molar-refractivity contribution in [3.8, 4) is 11.5 Å². The van der Waals surface area contributed by atoms with Gasteiger partial charge in [0.2, 0.25) is 23.6 Å². The van der Waals surface area contributed by atoms with E-state index in [0.717, 1.165) is 215 Å². The van der Waals surface area contributed by atoms with E-state index in [-0.39, 0.29) is 35.3 Å². The van der Waals surface area contributed by atoms with Crippen molar-refractivity contribution in [2.45, 2.75) is 112 Å². The Labute approximate surface area is 694 Å². The molecule has 12 aliphatic rings. The van der Waals surface area contributed by atoms with Crippen LogP contribution in [-0.4, -0.2) is 206 Å². The fraction of sp³-hybridized carbons (Fsp3) is 0.387. The van der Waals surface area contributed by atoms with Crippen LogP contribution in [0.1, 0.15) is 109 Å². The summed E-state index contributed by atoms with van der Waals surface area (Å²) < 4.78 is 43.9. The first kappa shape index (κ1) is 76.5. The van der Waals surface area contributed by atoms with Gasteiger partial charge in [0.05, 0.1) is 96.1 Å². The Bertz CT molecular complexity index is 5510. The van der Waals surface area contributed by atoms with Crippen molar-refractivity contribution in [3.63, 3.8) is 0 Å². The summed E-state index contributed by atoms with van der Waals surface area (Å²) in [6.45, 7) is 15.7. The summed E-state index contributed by atoms with van der Waals surface area (Å²) >= 11 is 5.91. The summed E-state index contributed by atoms with van der Waals surface area (Å²) in [6, 6.07) is 54.0. The number of amides is 4. The second-order valence-electron chi connectivity index (χ2n) is 33.8. The molecule has 0 aliphatic carbocycles. The van der Waals surface area contributed by atoms with Crippen LogP contribution in [0.3, 0.4) is 0 Å². The lowest BCUT2D eigenvalue weighted by molar-refractivity contribution is -0.116. The fourth-order valence-corrected chi connectivity index (χ4v) is 21.6. The smallest absolute Gasteiger partial charge is 0.243 e. The van der Waals surface area contributed by atoms with Crippen LogP contribution in [0.15, 0.2) is 175 Å². The van der Waals surface area contributed by atoms with Crippen molar-refractivity contribution in [1.29, 1.82) is 0 Å². The SMILES string of the molecule is O=C1CN2c3c(cccc3[C@@H]3CN(CCCOc4ccc(Cl)cc4)CC[C@@H]32)N1.O=C1CN2c3c(cccc3[C@@H]3CN(CCCOc4cccc5cccnc45)CC[C@@H]32)N1.O=C1CN2c3c(cccc3[C@@H]3CN(CCCc4[nH]nc5cc(F)ccc45)CC[C@@H]32)N1.O=C1CN2c3c(cccc3[C@@H]3CN(CCCc4noc5cc(F)ccc45)CC[C@@H]32)N1. The summed E-state index contributed by atoms with van der Waals surface area (Å²) in [4.78, 5) is 72.5. The molecular formula is C93H97ClF2N16O7. The molecule has 23 rings (SSSR count). The number of piperidine rings is 4. The van der Waals surface area contributed by atoms with E-state index in [0.29, 0.717) is 98.3 Å². The van der Waals surface area contributed by atoms with Gasteiger partial charge in [0.15, 0.2) is 5.58 Å². The first-order chi connectivity index (χ1) is 58.3. The van der Waals surface area contributed by atoms with Crippen LogP contribution in [0.2, 0.25) is 5.02 Å². The highest BCUT2D eigenvalue weighted by atomic mass is 35.5. The normalized spacial score (nSPS) is 22.7. The number of nitrogens with one attached hydrogen (secondary N) is 5. The molecule has 15 heterocycles. The van der Waals surface area contributed by atoms with Gasteiger partial charge < -0.3 is 74.5 Å². The molecule has 8 atom stereocenters. The molecule has 0 unspecified atom stereocenters. The molecule has 119 heavy (non-hydrogen) atoms. The van der Waals surface area contributed by atoms with E-state index < -0.39 is 0 Å². The molecule has 26 heteroatoms. The molecule has 3 aromatic heterocycles. The maximum atomic E-state index is 13.4. The minimum absolute atomic E-state index is 0.0856. The quantitative estimate of drug-likeness (QED) is 0.0503. The van der Waals surface area contributed by atoms with E-state index in [9.17, 15) is 28.0 Å². The zero-order valence-corrected chi connectivity index (χ0v) is 67.3. The molecular weight excluding hydrogens is 1530 g/mol. The number of hydrogen-bond acceptors (Lipinski definition) is 18. The van der Waals surface area contributed by atoms with Crippen molar-refractivity contribution < 1.29 is 42.0 Å². The lowest BCUT2D eigenvalue weighted by Crippen LogP contribution is -2.49. The summed E-state index contributed by atoms with van der Waals surface area (Å²) in [6.07, 6.45) is 11.9. The molecule has 12 aliphatic heterocycles. The number of fused-ring (bicyclic) bond motifs is 15. The Balaban J connectivity index is 0.000000102. The first-order valence-electron chi connectivity index (χ1n) is 42.5. The zero-order chi connectivity index (χ0) is 80.4. The van der Waals surface area contributed by atoms with Crippen LogP contribution in [0.25, 0.3) is 32.8 Å². The number of carbonyl (C=O) groups excluding carboxylic acids is 4. The topological polar surface area (TPSA) is 228 Å². The van der Waals surface area contributed by atoms with E-state index >= 15 is 0 Å². The van der Waals surface area contributed by atoms with Gasteiger partial charge in [0.25, 0.3) is 0 Å². The number of pyridine rings is 1. The van der Waals surface area contributed by atoms with E-state index in [4.69, 9.17) is 25.6 Å². The number of nitrogens with zero attached hydrogens (tertiary/aromatic N) is 11. The lowest BCUT2D eigenvalue weighted by Gasteiger charge is -2.39. The van der Waals surface area contributed by atoms with Gasteiger partial charge in [-0.15, -0.1) is 0 Å². The van der Waals surface area contributed by atoms with Crippen molar-refractivity contribution >= 4 is 114 Å². The van der Waals surface area contributed by atoms with Gasteiger partial charge in [-0.1, -0.05) is 83.5 Å². The van der Waals surface area contributed by atoms with Crippen LogP contribution in [0.5, 0.6) is 11.5 Å². The number of aromatic amines is 1. The number of H-pyrrole nitrogens is 1. The lowest BCUT2D eigenvalue weighted by atomic mass is 9.89. The Morgan fingerprint density at radius 1 is 0.454 bits per heavy atom. The van der Waals surface area contributed by atoms with Crippen LogP contribution in [0.4, 0.5) is 54.3 Å². The summed E-state index contributed by atoms with van der Waals surface area (Å²) in [5, 5.41) is 27.3. The molecule has 0 spiro atoms. The highest BCUT2D eigenvalue weighted by molar-refractivity contribution is 6.30.